The molecule has 2 aromatic carbocycles. The van der Waals surface area contributed by atoms with Gasteiger partial charge in [-0.2, -0.15) is 0 Å². The van der Waals surface area contributed by atoms with Crippen molar-refractivity contribution in [1.82, 2.24) is 9.80 Å². The molecule has 1 saturated heterocycles. The van der Waals surface area contributed by atoms with Crippen LogP contribution in [-0.4, -0.2) is 63.2 Å². The largest absolute Gasteiger partial charge is 0.301 e. The summed E-state index contributed by atoms with van der Waals surface area (Å²) in [6.07, 6.45) is 5.07. The average Bonchev–Trinajstić information content (AvgIpc) is 2.71. The molecule has 0 unspecified atom stereocenters. The zero-order valence-corrected chi connectivity index (χ0v) is 16.5. The van der Waals surface area contributed by atoms with Crippen LogP contribution < -0.4 is 0 Å². The first-order chi connectivity index (χ1) is 13.1. The van der Waals surface area contributed by atoms with Crippen LogP contribution in [0.5, 0.6) is 0 Å². The van der Waals surface area contributed by atoms with Gasteiger partial charge >= 0.3 is 0 Å². The second kappa shape index (κ2) is 9.83. The molecule has 1 fully saturated rings. The first-order valence-corrected chi connectivity index (χ1v) is 11.2. The Kier molecular flexibility index (Phi) is 7.21. The maximum absolute atomic E-state index is 12.3. The number of benzene rings is 2. The van der Waals surface area contributed by atoms with Crippen LogP contribution in [0.3, 0.4) is 0 Å². The minimum absolute atomic E-state index is 0.219. The predicted octanol–water partition coefficient (Wildman–Crippen LogP) is 3.18. The van der Waals surface area contributed by atoms with Crippen molar-refractivity contribution in [1.29, 1.82) is 0 Å². The van der Waals surface area contributed by atoms with Crippen molar-refractivity contribution in [3.8, 4) is 0 Å². The Balaban J connectivity index is 1.35. The van der Waals surface area contributed by atoms with Gasteiger partial charge in [0.2, 0.25) is 0 Å². The Labute approximate surface area is 163 Å². The Hall–Kier alpha value is -1.95. The minimum Gasteiger partial charge on any atom is -0.301 e. The van der Waals surface area contributed by atoms with E-state index < -0.39 is 9.84 Å². The molecule has 3 rings (SSSR count). The van der Waals surface area contributed by atoms with Crippen molar-refractivity contribution in [3.05, 3.63) is 72.3 Å². The topological polar surface area (TPSA) is 40.6 Å². The number of hydrogen-bond donors (Lipinski definition) is 0. The summed E-state index contributed by atoms with van der Waals surface area (Å²) in [5.74, 6) is 0.219. The number of nitrogens with zero attached hydrogens (tertiary/aromatic N) is 2. The summed E-state index contributed by atoms with van der Waals surface area (Å²) in [6.45, 7) is 5.88. The van der Waals surface area contributed by atoms with Crippen LogP contribution >= 0.6 is 0 Å². The molecule has 1 aliphatic rings. The third kappa shape index (κ3) is 6.31. The number of rotatable bonds is 8. The molecule has 27 heavy (non-hydrogen) atoms. The quantitative estimate of drug-likeness (QED) is 0.701. The molecule has 4 nitrogen and oxygen atoms in total. The molecule has 0 radical (unpaired) electrons. The minimum atomic E-state index is -3.16. The van der Waals surface area contributed by atoms with Gasteiger partial charge in [-0.15, -0.1) is 0 Å². The summed E-state index contributed by atoms with van der Waals surface area (Å²) in [6, 6.07) is 19.1. The first-order valence-electron chi connectivity index (χ1n) is 9.58. The second-order valence-corrected chi connectivity index (χ2v) is 9.05. The van der Waals surface area contributed by atoms with Crippen molar-refractivity contribution >= 4 is 15.9 Å². The highest BCUT2D eigenvalue weighted by molar-refractivity contribution is 7.91. The van der Waals surface area contributed by atoms with Crippen LogP contribution in [0.25, 0.3) is 6.08 Å². The highest BCUT2D eigenvalue weighted by Gasteiger charge is 2.18. The normalized spacial score (nSPS) is 16.7. The van der Waals surface area contributed by atoms with Crippen LogP contribution in [0.15, 0.2) is 71.6 Å². The zero-order chi connectivity index (χ0) is 19.0. The lowest BCUT2D eigenvalue weighted by Crippen LogP contribution is -2.46. The Morgan fingerprint density at radius 1 is 0.815 bits per heavy atom. The molecule has 0 aliphatic carbocycles. The van der Waals surface area contributed by atoms with Crippen molar-refractivity contribution in [3.63, 3.8) is 0 Å². The lowest BCUT2D eigenvalue weighted by molar-refractivity contribution is 0.143. The van der Waals surface area contributed by atoms with Crippen molar-refractivity contribution in [2.24, 2.45) is 0 Å². The molecule has 0 spiro atoms. The average molecular weight is 385 g/mol. The monoisotopic (exact) mass is 384 g/mol. The summed E-state index contributed by atoms with van der Waals surface area (Å²) in [5, 5.41) is 0. The van der Waals surface area contributed by atoms with Gasteiger partial charge in [0.25, 0.3) is 0 Å². The summed E-state index contributed by atoms with van der Waals surface area (Å²) in [7, 11) is -3.16. The molecule has 144 valence electrons. The molecular formula is C22H28N2O2S. The Morgan fingerprint density at radius 3 is 2.07 bits per heavy atom. The van der Waals surface area contributed by atoms with Crippen molar-refractivity contribution in [2.75, 3.05) is 45.0 Å². The number of piperazine rings is 1. The van der Waals surface area contributed by atoms with E-state index in [-0.39, 0.29) is 5.75 Å². The predicted molar refractivity (Wildman–Crippen MR) is 111 cm³/mol. The molecule has 0 aromatic heterocycles. The van der Waals surface area contributed by atoms with Gasteiger partial charge in [0.05, 0.1) is 10.6 Å². The van der Waals surface area contributed by atoms with Crippen molar-refractivity contribution < 1.29 is 8.42 Å². The molecule has 0 bridgehead atoms. The van der Waals surface area contributed by atoms with E-state index in [4.69, 9.17) is 0 Å². The lowest BCUT2D eigenvalue weighted by atomic mass is 10.2. The van der Waals surface area contributed by atoms with Crippen LogP contribution in [0.4, 0.5) is 0 Å². The third-order valence-corrected chi connectivity index (χ3v) is 6.74. The smallest absolute Gasteiger partial charge is 0.178 e. The molecule has 2 aromatic rings. The van der Waals surface area contributed by atoms with Gasteiger partial charge in [-0.3, -0.25) is 4.90 Å². The second-order valence-electron chi connectivity index (χ2n) is 6.94. The van der Waals surface area contributed by atoms with Gasteiger partial charge in [0, 0.05) is 32.7 Å². The van der Waals surface area contributed by atoms with E-state index in [1.807, 2.05) is 12.1 Å². The van der Waals surface area contributed by atoms with Crippen LogP contribution in [-0.2, 0) is 9.84 Å². The van der Waals surface area contributed by atoms with E-state index in [2.05, 4.69) is 46.2 Å². The van der Waals surface area contributed by atoms with E-state index in [1.54, 1.807) is 24.3 Å². The summed E-state index contributed by atoms with van der Waals surface area (Å²) in [5.41, 5.74) is 1.23. The maximum Gasteiger partial charge on any atom is 0.178 e. The molecule has 0 saturated carbocycles. The standard InChI is InChI=1S/C22H28N2O2S/c25-27(26,22-12-5-2-6-13-22)20-8-15-24-18-16-23(17-19-24)14-7-11-21-9-3-1-4-10-21/h1-7,9-13H,8,14-20H2/b11-7+. The Bertz CT molecular complexity index is 812. The third-order valence-electron chi connectivity index (χ3n) is 4.93. The molecule has 0 atom stereocenters. The summed E-state index contributed by atoms with van der Waals surface area (Å²) >= 11 is 0. The van der Waals surface area contributed by atoms with Gasteiger partial charge in [0.1, 0.15) is 0 Å². The van der Waals surface area contributed by atoms with E-state index in [0.717, 1.165) is 39.3 Å². The first kappa shape index (κ1) is 19.8. The molecule has 0 amide bonds. The number of hydrogen-bond acceptors (Lipinski definition) is 4. The van der Waals surface area contributed by atoms with E-state index in [9.17, 15) is 8.42 Å². The summed E-state index contributed by atoms with van der Waals surface area (Å²) < 4.78 is 24.7. The van der Waals surface area contributed by atoms with E-state index in [0.29, 0.717) is 11.3 Å². The fourth-order valence-electron chi connectivity index (χ4n) is 3.32. The van der Waals surface area contributed by atoms with Gasteiger partial charge in [0.15, 0.2) is 9.84 Å². The summed E-state index contributed by atoms with van der Waals surface area (Å²) in [4.78, 5) is 5.24. The van der Waals surface area contributed by atoms with Gasteiger partial charge in [-0.25, -0.2) is 8.42 Å². The van der Waals surface area contributed by atoms with E-state index in [1.165, 1.54) is 5.56 Å². The molecule has 5 heteroatoms. The lowest BCUT2D eigenvalue weighted by Gasteiger charge is -2.34. The van der Waals surface area contributed by atoms with E-state index >= 15 is 0 Å². The van der Waals surface area contributed by atoms with Crippen LogP contribution in [0.1, 0.15) is 12.0 Å². The van der Waals surface area contributed by atoms with Gasteiger partial charge in [-0.05, 0) is 30.7 Å². The van der Waals surface area contributed by atoms with Crippen LogP contribution in [0.2, 0.25) is 0 Å². The highest BCUT2D eigenvalue weighted by Crippen LogP contribution is 2.12. The molecule has 1 aliphatic heterocycles. The fourth-order valence-corrected chi connectivity index (χ4v) is 4.64. The number of sulfone groups is 1. The molecular weight excluding hydrogens is 356 g/mol. The highest BCUT2D eigenvalue weighted by atomic mass is 32.2. The van der Waals surface area contributed by atoms with Gasteiger partial charge < -0.3 is 4.90 Å². The van der Waals surface area contributed by atoms with Gasteiger partial charge in [-0.1, -0.05) is 60.7 Å². The molecule has 0 N–H and O–H groups in total. The SMILES string of the molecule is O=S(=O)(CCCN1CCN(C/C=C/c2ccccc2)CC1)c1ccccc1. The zero-order valence-electron chi connectivity index (χ0n) is 15.7. The maximum atomic E-state index is 12.3. The molecule has 1 heterocycles. The van der Waals surface area contributed by atoms with Crippen LogP contribution in [0, 0.1) is 0 Å². The Morgan fingerprint density at radius 2 is 1.41 bits per heavy atom. The fraction of sp³-hybridized carbons (Fsp3) is 0.364. The van der Waals surface area contributed by atoms with Crippen molar-refractivity contribution in [2.45, 2.75) is 11.3 Å².